The predicted octanol–water partition coefficient (Wildman–Crippen LogP) is 3.15. The van der Waals surface area contributed by atoms with Crippen LogP contribution in [0.4, 0.5) is 0 Å². The quantitative estimate of drug-likeness (QED) is 0.890. The summed E-state index contributed by atoms with van der Waals surface area (Å²) in [4.78, 5) is 11.8. The van der Waals surface area contributed by atoms with Crippen molar-refractivity contribution >= 4 is 5.97 Å². The zero-order valence-corrected chi connectivity index (χ0v) is 11.0. The number of rotatable bonds is 4. The second-order valence-electron chi connectivity index (χ2n) is 4.93. The Labute approximate surface area is 108 Å². The van der Waals surface area contributed by atoms with Crippen molar-refractivity contribution in [2.24, 2.45) is 0 Å². The average molecular weight is 248 g/mol. The standard InChI is InChI=1S/C15H20O3/c1-3-11-12(7-6-8-13(11)18-2)15(14(16)17)9-4-5-10-15/h6-8H,3-5,9-10H2,1-2H3,(H,16,17). The highest BCUT2D eigenvalue weighted by Crippen LogP contribution is 2.44. The molecule has 1 fully saturated rings. The smallest absolute Gasteiger partial charge is 0.314 e. The molecular formula is C15H20O3. The van der Waals surface area contributed by atoms with Gasteiger partial charge >= 0.3 is 5.97 Å². The van der Waals surface area contributed by atoms with E-state index in [2.05, 4.69) is 0 Å². The predicted molar refractivity (Wildman–Crippen MR) is 70.2 cm³/mol. The summed E-state index contributed by atoms with van der Waals surface area (Å²) in [5.74, 6) is 0.116. The number of carboxylic acid groups (broad SMARTS) is 1. The normalized spacial score (nSPS) is 17.7. The first-order chi connectivity index (χ1) is 8.65. The molecule has 0 aromatic heterocycles. The Morgan fingerprint density at radius 3 is 2.56 bits per heavy atom. The van der Waals surface area contributed by atoms with Crippen molar-refractivity contribution in [3.05, 3.63) is 29.3 Å². The van der Waals surface area contributed by atoms with Gasteiger partial charge in [0.1, 0.15) is 5.75 Å². The van der Waals surface area contributed by atoms with E-state index >= 15 is 0 Å². The van der Waals surface area contributed by atoms with Gasteiger partial charge in [0.15, 0.2) is 0 Å². The minimum atomic E-state index is -0.695. The molecule has 0 heterocycles. The summed E-state index contributed by atoms with van der Waals surface area (Å²) in [5.41, 5.74) is 1.30. The molecule has 3 nitrogen and oxygen atoms in total. The maximum absolute atomic E-state index is 11.8. The van der Waals surface area contributed by atoms with Crippen molar-refractivity contribution in [2.45, 2.75) is 44.4 Å². The lowest BCUT2D eigenvalue weighted by Crippen LogP contribution is -2.33. The van der Waals surface area contributed by atoms with Crippen molar-refractivity contribution in [2.75, 3.05) is 7.11 Å². The number of carbonyl (C=O) groups is 1. The zero-order valence-electron chi connectivity index (χ0n) is 11.0. The molecule has 0 radical (unpaired) electrons. The second-order valence-corrected chi connectivity index (χ2v) is 4.93. The van der Waals surface area contributed by atoms with E-state index in [4.69, 9.17) is 4.74 Å². The van der Waals surface area contributed by atoms with Gasteiger partial charge in [-0.3, -0.25) is 4.79 Å². The fraction of sp³-hybridized carbons (Fsp3) is 0.533. The van der Waals surface area contributed by atoms with Crippen LogP contribution in [0, 0.1) is 0 Å². The molecule has 0 amide bonds. The van der Waals surface area contributed by atoms with Crippen LogP contribution in [0.3, 0.4) is 0 Å². The van der Waals surface area contributed by atoms with Crippen LogP contribution in [0.1, 0.15) is 43.7 Å². The van der Waals surface area contributed by atoms with E-state index in [0.717, 1.165) is 49.0 Å². The number of hydrogen-bond donors (Lipinski definition) is 1. The van der Waals surface area contributed by atoms with Gasteiger partial charge in [-0.05, 0) is 36.5 Å². The molecule has 1 aromatic carbocycles. The van der Waals surface area contributed by atoms with Gasteiger partial charge in [-0.15, -0.1) is 0 Å². The minimum Gasteiger partial charge on any atom is -0.496 e. The Kier molecular flexibility index (Phi) is 3.60. The van der Waals surface area contributed by atoms with Crippen LogP contribution in [-0.2, 0) is 16.6 Å². The van der Waals surface area contributed by atoms with Crippen molar-refractivity contribution in [1.29, 1.82) is 0 Å². The van der Waals surface area contributed by atoms with Crippen LogP contribution in [-0.4, -0.2) is 18.2 Å². The first-order valence-corrected chi connectivity index (χ1v) is 6.55. The van der Waals surface area contributed by atoms with Crippen molar-refractivity contribution in [3.8, 4) is 5.75 Å². The molecule has 1 aromatic rings. The highest BCUT2D eigenvalue weighted by atomic mass is 16.5. The van der Waals surface area contributed by atoms with Gasteiger partial charge in [0.25, 0.3) is 0 Å². The maximum Gasteiger partial charge on any atom is 0.314 e. The molecular weight excluding hydrogens is 228 g/mol. The highest BCUT2D eigenvalue weighted by Gasteiger charge is 2.44. The van der Waals surface area contributed by atoms with Gasteiger partial charge in [0.2, 0.25) is 0 Å². The van der Waals surface area contributed by atoms with E-state index in [1.54, 1.807) is 7.11 Å². The largest absolute Gasteiger partial charge is 0.496 e. The third-order valence-corrected chi connectivity index (χ3v) is 4.09. The molecule has 1 aliphatic carbocycles. The van der Waals surface area contributed by atoms with E-state index in [1.807, 2.05) is 25.1 Å². The third-order valence-electron chi connectivity index (χ3n) is 4.09. The molecule has 0 unspecified atom stereocenters. The summed E-state index contributed by atoms with van der Waals surface area (Å²) in [5, 5.41) is 9.66. The summed E-state index contributed by atoms with van der Waals surface area (Å²) >= 11 is 0. The number of carboxylic acids is 1. The van der Waals surface area contributed by atoms with Crippen LogP contribution >= 0.6 is 0 Å². The Balaban J connectivity index is 2.58. The van der Waals surface area contributed by atoms with Crippen molar-refractivity contribution in [1.82, 2.24) is 0 Å². The molecule has 0 spiro atoms. The molecule has 18 heavy (non-hydrogen) atoms. The molecule has 1 N–H and O–H groups in total. The molecule has 98 valence electrons. The Morgan fingerprint density at radius 1 is 1.39 bits per heavy atom. The van der Waals surface area contributed by atoms with Crippen LogP contribution in [0.15, 0.2) is 18.2 Å². The number of aliphatic carboxylic acids is 1. The fourth-order valence-corrected chi connectivity index (χ4v) is 3.15. The van der Waals surface area contributed by atoms with Crippen LogP contribution in [0.5, 0.6) is 5.75 Å². The number of hydrogen-bond acceptors (Lipinski definition) is 2. The summed E-state index contributed by atoms with van der Waals surface area (Å²) in [7, 11) is 1.64. The summed E-state index contributed by atoms with van der Waals surface area (Å²) in [6.45, 7) is 2.05. The highest BCUT2D eigenvalue weighted by molar-refractivity contribution is 5.82. The van der Waals surface area contributed by atoms with Crippen LogP contribution < -0.4 is 4.74 Å². The number of ether oxygens (including phenoxy) is 1. The minimum absolute atomic E-state index is 0.692. The first-order valence-electron chi connectivity index (χ1n) is 6.55. The second kappa shape index (κ2) is 5.01. The number of benzene rings is 1. The SMILES string of the molecule is CCc1c(OC)cccc1C1(C(=O)O)CCCC1. The molecule has 0 atom stereocenters. The lowest BCUT2D eigenvalue weighted by Gasteiger charge is -2.27. The Bertz CT molecular complexity index is 445. The van der Waals surface area contributed by atoms with E-state index < -0.39 is 11.4 Å². The molecule has 0 bridgehead atoms. The summed E-state index contributed by atoms with van der Waals surface area (Å²) in [6, 6.07) is 5.77. The monoisotopic (exact) mass is 248 g/mol. The molecule has 1 aliphatic rings. The average Bonchev–Trinajstić information content (AvgIpc) is 2.88. The Morgan fingerprint density at radius 2 is 2.06 bits per heavy atom. The van der Waals surface area contributed by atoms with Gasteiger partial charge in [-0.1, -0.05) is 31.9 Å². The lowest BCUT2D eigenvalue weighted by atomic mass is 9.76. The number of methoxy groups -OCH3 is 1. The van der Waals surface area contributed by atoms with Gasteiger partial charge in [-0.2, -0.15) is 0 Å². The maximum atomic E-state index is 11.8. The zero-order chi connectivity index (χ0) is 13.2. The van der Waals surface area contributed by atoms with Crippen molar-refractivity contribution < 1.29 is 14.6 Å². The topological polar surface area (TPSA) is 46.5 Å². The van der Waals surface area contributed by atoms with E-state index in [9.17, 15) is 9.90 Å². The van der Waals surface area contributed by atoms with Crippen molar-refractivity contribution in [3.63, 3.8) is 0 Å². The van der Waals surface area contributed by atoms with E-state index in [-0.39, 0.29) is 0 Å². The molecule has 0 aliphatic heterocycles. The fourth-order valence-electron chi connectivity index (χ4n) is 3.15. The molecule has 2 rings (SSSR count). The van der Waals surface area contributed by atoms with E-state index in [0.29, 0.717) is 0 Å². The van der Waals surface area contributed by atoms with Gasteiger partial charge < -0.3 is 9.84 Å². The molecule has 0 saturated heterocycles. The van der Waals surface area contributed by atoms with Gasteiger partial charge in [-0.25, -0.2) is 0 Å². The molecule has 1 saturated carbocycles. The van der Waals surface area contributed by atoms with E-state index in [1.165, 1.54) is 0 Å². The summed E-state index contributed by atoms with van der Waals surface area (Å²) in [6.07, 6.45) is 4.26. The van der Waals surface area contributed by atoms with Crippen LogP contribution in [0.25, 0.3) is 0 Å². The van der Waals surface area contributed by atoms with Gasteiger partial charge in [0.05, 0.1) is 12.5 Å². The first kappa shape index (κ1) is 12.9. The van der Waals surface area contributed by atoms with Gasteiger partial charge in [0, 0.05) is 0 Å². The Hall–Kier alpha value is -1.51. The summed E-state index contributed by atoms with van der Waals surface area (Å²) < 4.78 is 5.37. The van der Waals surface area contributed by atoms with Crippen LogP contribution in [0.2, 0.25) is 0 Å². The lowest BCUT2D eigenvalue weighted by molar-refractivity contribution is -0.143. The molecule has 3 heteroatoms. The third kappa shape index (κ3) is 1.88.